The molecule has 0 fully saturated rings. The molecule has 210 valence electrons. The Morgan fingerprint density at radius 3 is 2.10 bits per heavy atom. The number of hydrogen-bond donors (Lipinski definition) is 1. The average molecular weight is 557 g/mol. The van der Waals surface area contributed by atoms with Gasteiger partial charge in [0.2, 0.25) is 0 Å². The topological polar surface area (TPSA) is 108 Å². The van der Waals surface area contributed by atoms with Crippen molar-refractivity contribution in [3.8, 4) is 5.75 Å². The Kier molecular flexibility index (Phi) is 7.61. The third-order valence-corrected chi connectivity index (χ3v) is 7.66. The van der Waals surface area contributed by atoms with Gasteiger partial charge in [0.1, 0.15) is 23.3 Å². The standard InChI is InChI=1S/C32H29FN2O6/c1-39-22-15-11-18(12-16-22)23-17-24-27(29(36)26(23)31(37)40-2)25(19-9-13-20(33)14-10-19)28(32(38)41-3)30(34)35(24)21-7-5-4-6-8-21/h4-16,23,25-26H,17,34H2,1-3H3/t23-,25+,26+/m0/s1. The van der Waals surface area contributed by atoms with E-state index in [9.17, 15) is 18.8 Å². The molecule has 8 nitrogen and oxygen atoms in total. The fourth-order valence-corrected chi connectivity index (χ4v) is 5.76. The predicted molar refractivity (Wildman–Crippen MR) is 149 cm³/mol. The van der Waals surface area contributed by atoms with Crippen LogP contribution in [0.2, 0.25) is 0 Å². The fourth-order valence-electron chi connectivity index (χ4n) is 5.76. The van der Waals surface area contributed by atoms with Crippen molar-refractivity contribution in [3.63, 3.8) is 0 Å². The molecule has 3 aromatic carbocycles. The van der Waals surface area contributed by atoms with Crippen LogP contribution >= 0.6 is 0 Å². The van der Waals surface area contributed by atoms with Gasteiger partial charge in [-0.05, 0) is 53.9 Å². The molecule has 5 rings (SSSR count). The van der Waals surface area contributed by atoms with E-state index in [0.29, 0.717) is 22.7 Å². The monoisotopic (exact) mass is 556 g/mol. The van der Waals surface area contributed by atoms with Crippen LogP contribution in [0, 0.1) is 11.7 Å². The molecular weight excluding hydrogens is 527 g/mol. The minimum Gasteiger partial charge on any atom is -0.497 e. The van der Waals surface area contributed by atoms with Gasteiger partial charge in [0.15, 0.2) is 5.78 Å². The van der Waals surface area contributed by atoms with Crippen molar-refractivity contribution in [1.29, 1.82) is 0 Å². The number of hydrogen-bond acceptors (Lipinski definition) is 8. The molecule has 2 aliphatic rings. The lowest BCUT2D eigenvalue weighted by molar-refractivity contribution is -0.150. The molecule has 3 aromatic rings. The first kappa shape index (κ1) is 27.6. The summed E-state index contributed by atoms with van der Waals surface area (Å²) in [6, 6.07) is 21.7. The maximum atomic E-state index is 14.6. The molecule has 9 heteroatoms. The molecule has 0 saturated carbocycles. The van der Waals surface area contributed by atoms with Crippen molar-refractivity contribution in [3.05, 3.63) is 118 Å². The second kappa shape index (κ2) is 11.3. The molecule has 41 heavy (non-hydrogen) atoms. The van der Waals surface area contributed by atoms with Crippen molar-refractivity contribution < 1.29 is 33.0 Å². The van der Waals surface area contributed by atoms with E-state index >= 15 is 0 Å². The number of carbonyl (C=O) groups excluding carboxylic acids is 3. The number of carbonyl (C=O) groups is 3. The van der Waals surface area contributed by atoms with Crippen LogP contribution in [-0.2, 0) is 23.9 Å². The van der Waals surface area contributed by atoms with Crippen molar-refractivity contribution in [2.24, 2.45) is 11.7 Å². The molecule has 1 aliphatic heterocycles. The number of rotatable bonds is 6. The molecule has 0 radical (unpaired) electrons. The second-order valence-electron chi connectivity index (χ2n) is 9.76. The number of para-hydroxylation sites is 1. The number of ketones is 1. The van der Waals surface area contributed by atoms with Crippen LogP contribution in [0.5, 0.6) is 5.75 Å². The van der Waals surface area contributed by atoms with Crippen LogP contribution < -0.4 is 15.4 Å². The largest absolute Gasteiger partial charge is 0.497 e. The van der Waals surface area contributed by atoms with Crippen LogP contribution in [0.25, 0.3) is 0 Å². The SMILES string of the molecule is COC(=O)C1=C(N)N(c2ccccc2)C2=C(C(=O)[C@H](C(=O)OC)[C@H](c3ccc(OC)cc3)C2)[C@H]1c1ccc(F)cc1. The minimum absolute atomic E-state index is 0.0153. The fraction of sp³-hybridized carbons (Fsp3) is 0.219. The molecule has 0 bridgehead atoms. The summed E-state index contributed by atoms with van der Waals surface area (Å²) < 4.78 is 29.5. The van der Waals surface area contributed by atoms with E-state index in [1.165, 1.54) is 38.5 Å². The van der Waals surface area contributed by atoms with Gasteiger partial charge in [0.25, 0.3) is 0 Å². The summed E-state index contributed by atoms with van der Waals surface area (Å²) in [4.78, 5) is 42.8. The summed E-state index contributed by atoms with van der Waals surface area (Å²) in [6.07, 6.45) is 0.217. The van der Waals surface area contributed by atoms with Crippen LogP contribution in [0.15, 0.2) is 102 Å². The van der Waals surface area contributed by atoms with Gasteiger partial charge in [-0.15, -0.1) is 0 Å². The Bertz CT molecular complexity index is 1550. The number of Topliss-reactive ketones (excluding diaryl/α,β-unsaturated/α-hetero) is 1. The first-order valence-corrected chi connectivity index (χ1v) is 13.0. The first-order chi connectivity index (χ1) is 19.8. The maximum absolute atomic E-state index is 14.6. The zero-order valence-electron chi connectivity index (χ0n) is 22.8. The zero-order chi connectivity index (χ0) is 29.3. The minimum atomic E-state index is -1.20. The van der Waals surface area contributed by atoms with E-state index in [2.05, 4.69) is 0 Å². The second-order valence-corrected chi connectivity index (χ2v) is 9.76. The number of ether oxygens (including phenoxy) is 3. The molecule has 0 saturated heterocycles. The normalized spacial score (nSPS) is 20.4. The highest BCUT2D eigenvalue weighted by molar-refractivity contribution is 6.14. The molecule has 3 atom stereocenters. The summed E-state index contributed by atoms with van der Waals surface area (Å²) >= 11 is 0. The summed E-state index contributed by atoms with van der Waals surface area (Å²) in [6.45, 7) is 0. The molecule has 0 amide bonds. The highest BCUT2D eigenvalue weighted by atomic mass is 19.1. The summed E-state index contributed by atoms with van der Waals surface area (Å²) in [5, 5.41) is 0. The molecular formula is C32H29FN2O6. The number of anilines is 1. The molecule has 0 aromatic heterocycles. The van der Waals surface area contributed by atoms with Crippen molar-refractivity contribution >= 4 is 23.4 Å². The van der Waals surface area contributed by atoms with Crippen LogP contribution in [0.1, 0.15) is 29.4 Å². The number of allylic oxidation sites excluding steroid dienone is 2. The Morgan fingerprint density at radius 2 is 1.51 bits per heavy atom. The van der Waals surface area contributed by atoms with Gasteiger partial charge >= 0.3 is 11.9 Å². The lowest BCUT2D eigenvalue weighted by atomic mass is 9.67. The lowest BCUT2D eigenvalue weighted by Crippen LogP contribution is -2.46. The number of benzene rings is 3. The van der Waals surface area contributed by atoms with Crippen molar-refractivity contribution in [1.82, 2.24) is 0 Å². The van der Waals surface area contributed by atoms with E-state index in [1.54, 1.807) is 24.1 Å². The van der Waals surface area contributed by atoms with E-state index in [1.807, 2.05) is 42.5 Å². The van der Waals surface area contributed by atoms with Gasteiger partial charge in [-0.2, -0.15) is 0 Å². The number of methoxy groups -OCH3 is 3. The van der Waals surface area contributed by atoms with Gasteiger partial charge in [0, 0.05) is 22.9 Å². The highest BCUT2D eigenvalue weighted by Gasteiger charge is 2.51. The predicted octanol–water partition coefficient (Wildman–Crippen LogP) is 4.58. The Morgan fingerprint density at radius 1 is 0.878 bits per heavy atom. The van der Waals surface area contributed by atoms with Gasteiger partial charge in [0.05, 0.1) is 32.8 Å². The first-order valence-electron chi connectivity index (χ1n) is 13.0. The summed E-state index contributed by atoms with van der Waals surface area (Å²) in [7, 11) is 4.01. The maximum Gasteiger partial charge on any atom is 0.338 e. The molecule has 2 N–H and O–H groups in total. The van der Waals surface area contributed by atoms with Gasteiger partial charge in [-0.25, -0.2) is 9.18 Å². The molecule has 0 unspecified atom stereocenters. The number of nitrogens with zero attached hydrogens (tertiary/aromatic N) is 1. The smallest absolute Gasteiger partial charge is 0.338 e. The van der Waals surface area contributed by atoms with E-state index in [-0.39, 0.29) is 23.4 Å². The molecule has 1 aliphatic carbocycles. The van der Waals surface area contributed by atoms with Crippen LogP contribution in [0.3, 0.4) is 0 Å². The molecule has 1 heterocycles. The quantitative estimate of drug-likeness (QED) is 0.347. The zero-order valence-corrected chi connectivity index (χ0v) is 22.8. The Labute approximate surface area is 236 Å². The summed E-state index contributed by atoms with van der Waals surface area (Å²) in [5.74, 6) is -4.55. The number of esters is 2. The lowest BCUT2D eigenvalue weighted by Gasteiger charge is -2.44. The van der Waals surface area contributed by atoms with Gasteiger partial charge < -0.3 is 19.9 Å². The average Bonchev–Trinajstić information content (AvgIpc) is 3.00. The van der Waals surface area contributed by atoms with Crippen LogP contribution in [0.4, 0.5) is 10.1 Å². The highest BCUT2D eigenvalue weighted by Crippen LogP contribution is 2.51. The third-order valence-electron chi connectivity index (χ3n) is 7.66. The summed E-state index contributed by atoms with van der Waals surface area (Å²) in [5.41, 5.74) is 9.31. The number of halogens is 1. The third kappa shape index (κ3) is 4.84. The van der Waals surface area contributed by atoms with Crippen molar-refractivity contribution in [2.75, 3.05) is 26.2 Å². The van der Waals surface area contributed by atoms with Crippen LogP contribution in [-0.4, -0.2) is 39.1 Å². The Hall–Kier alpha value is -4.92. The van der Waals surface area contributed by atoms with Gasteiger partial charge in [-0.1, -0.05) is 42.5 Å². The van der Waals surface area contributed by atoms with Gasteiger partial charge in [-0.3, -0.25) is 14.5 Å². The van der Waals surface area contributed by atoms with E-state index in [0.717, 1.165) is 5.56 Å². The van der Waals surface area contributed by atoms with Crippen molar-refractivity contribution in [2.45, 2.75) is 18.3 Å². The van der Waals surface area contributed by atoms with E-state index in [4.69, 9.17) is 19.9 Å². The number of nitrogens with two attached hydrogens (primary N) is 1. The van der Waals surface area contributed by atoms with E-state index < -0.39 is 41.3 Å². The molecule has 0 spiro atoms. The Balaban J connectivity index is 1.80.